The number of pyridine rings is 1. The van der Waals surface area contributed by atoms with Gasteiger partial charge in [-0.2, -0.15) is 0 Å². The lowest BCUT2D eigenvalue weighted by Crippen LogP contribution is -2.28. The van der Waals surface area contributed by atoms with E-state index in [9.17, 15) is 13.2 Å². The molecule has 2 N–H and O–H groups in total. The predicted octanol–water partition coefficient (Wildman–Crippen LogP) is 2.64. The first-order valence-corrected chi connectivity index (χ1v) is 8.65. The topological polar surface area (TPSA) is 88.2 Å². The van der Waals surface area contributed by atoms with Gasteiger partial charge in [0, 0.05) is 35.3 Å². The number of rotatable bonds is 4. The van der Waals surface area contributed by atoms with Gasteiger partial charge in [-0.25, -0.2) is 13.2 Å². The minimum Gasteiger partial charge on any atom is -0.334 e. The van der Waals surface area contributed by atoms with Crippen LogP contribution in [-0.2, 0) is 15.6 Å². The molecule has 116 valence electrons. The van der Waals surface area contributed by atoms with Crippen molar-refractivity contribution >= 4 is 31.5 Å². The van der Waals surface area contributed by atoms with Crippen molar-refractivity contribution in [1.29, 1.82) is 0 Å². The first-order valence-electron chi connectivity index (χ1n) is 6.35. The summed E-state index contributed by atoms with van der Waals surface area (Å²) in [4.78, 5) is 15.8. The van der Waals surface area contributed by atoms with Gasteiger partial charge < -0.3 is 10.6 Å². The van der Waals surface area contributed by atoms with E-state index in [-0.39, 0.29) is 4.90 Å². The Kier molecular flexibility index (Phi) is 4.99. The Labute approximate surface area is 132 Å². The maximum Gasteiger partial charge on any atom is 0.319 e. The fraction of sp³-hybridized carbons (Fsp3) is 0.143. The summed E-state index contributed by atoms with van der Waals surface area (Å²) in [5.41, 5.74) is 2.36. The largest absolute Gasteiger partial charge is 0.334 e. The lowest BCUT2D eigenvalue weighted by molar-refractivity contribution is 0.251. The molecule has 22 heavy (non-hydrogen) atoms. The number of amides is 2. The van der Waals surface area contributed by atoms with E-state index in [1.165, 1.54) is 24.3 Å². The molecular weight excluding hydrogens is 326 g/mol. The number of anilines is 1. The lowest BCUT2D eigenvalue weighted by atomic mass is 10.2. The zero-order valence-electron chi connectivity index (χ0n) is 11.7. The number of carbonyl (C=O) groups is 1. The lowest BCUT2D eigenvalue weighted by Gasteiger charge is -2.08. The van der Waals surface area contributed by atoms with Crippen LogP contribution in [0.3, 0.4) is 0 Å². The number of hydrogen-bond donors (Lipinski definition) is 2. The molecule has 1 aromatic carbocycles. The van der Waals surface area contributed by atoms with Crippen LogP contribution in [0, 0.1) is 6.92 Å². The van der Waals surface area contributed by atoms with Gasteiger partial charge in [-0.1, -0.05) is 6.07 Å². The van der Waals surface area contributed by atoms with Gasteiger partial charge in [0.15, 0.2) is 0 Å². The molecule has 2 aromatic rings. The van der Waals surface area contributed by atoms with Crippen LogP contribution in [-0.4, -0.2) is 19.4 Å². The van der Waals surface area contributed by atoms with Gasteiger partial charge in [-0.05, 0) is 42.3 Å². The fourth-order valence-electron chi connectivity index (χ4n) is 1.77. The highest BCUT2D eigenvalue weighted by atomic mass is 35.7. The van der Waals surface area contributed by atoms with Gasteiger partial charge >= 0.3 is 6.03 Å². The van der Waals surface area contributed by atoms with Gasteiger partial charge in [0.2, 0.25) is 0 Å². The molecule has 8 heteroatoms. The van der Waals surface area contributed by atoms with Crippen LogP contribution in [0.15, 0.2) is 47.6 Å². The number of aromatic nitrogens is 1. The fourth-order valence-corrected chi connectivity index (χ4v) is 2.54. The Hall–Kier alpha value is -2.12. The first kappa shape index (κ1) is 16.3. The monoisotopic (exact) mass is 339 g/mol. The molecule has 0 saturated heterocycles. The van der Waals surface area contributed by atoms with Crippen LogP contribution in [0.4, 0.5) is 10.5 Å². The SMILES string of the molecule is Cc1cncc(CNC(=O)Nc2ccc(S(=O)(=O)Cl)cc2)c1. The van der Waals surface area contributed by atoms with Gasteiger partial charge in [0.05, 0.1) is 4.90 Å². The summed E-state index contributed by atoms with van der Waals surface area (Å²) < 4.78 is 22.2. The molecule has 0 bridgehead atoms. The number of nitrogens with one attached hydrogen (secondary N) is 2. The van der Waals surface area contributed by atoms with E-state index in [1.54, 1.807) is 12.4 Å². The molecule has 2 rings (SSSR count). The van der Waals surface area contributed by atoms with E-state index in [1.807, 2.05) is 13.0 Å². The molecule has 0 atom stereocenters. The van der Waals surface area contributed by atoms with Crippen molar-refractivity contribution in [3.63, 3.8) is 0 Å². The number of carbonyl (C=O) groups excluding carboxylic acids is 1. The van der Waals surface area contributed by atoms with Gasteiger partial charge in [0.1, 0.15) is 0 Å². The molecule has 0 unspecified atom stereocenters. The second-order valence-corrected chi connectivity index (χ2v) is 7.21. The average molecular weight is 340 g/mol. The molecule has 0 aliphatic heterocycles. The van der Waals surface area contributed by atoms with E-state index in [4.69, 9.17) is 10.7 Å². The maximum absolute atomic E-state index is 11.8. The minimum atomic E-state index is -3.76. The number of aryl methyl sites for hydroxylation is 1. The van der Waals surface area contributed by atoms with Gasteiger partial charge in [-0.3, -0.25) is 4.98 Å². The van der Waals surface area contributed by atoms with E-state index < -0.39 is 15.1 Å². The molecule has 0 aliphatic carbocycles. The number of halogens is 1. The predicted molar refractivity (Wildman–Crippen MR) is 84.3 cm³/mol. The quantitative estimate of drug-likeness (QED) is 0.838. The van der Waals surface area contributed by atoms with E-state index >= 15 is 0 Å². The molecule has 0 spiro atoms. The summed E-state index contributed by atoms with van der Waals surface area (Å²) in [5, 5.41) is 5.28. The van der Waals surface area contributed by atoms with Crippen molar-refractivity contribution in [1.82, 2.24) is 10.3 Å². The van der Waals surface area contributed by atoms with Crippen molar-refractivity contribution in [2.75, 3.05) is 5.32 Å². The maximum atomic E-state index is 11.8. The van der Waals surface area contributed by atoms with Crippen LogP contribution in [0.1, 0.15) is 11.1 Å². The van der Waals surface area contributed by atoms with E-state index in [0.717, 1.165) is 11.1 Å². The molecule has 0 fully saturated rings. The second kappa shape index (κ2) is 6.76. The number of nitrogens with zero attached hydrogens (tertiary/aromatic N) is 1. The molecule has 0 aliphatic rings. The normalized spacial score (nSPS) is 11.0. The van der Waals surface area contributed by atoms with Crippen molar-refractivity contribution in [3.8, 4) is 0 Å². The highest BCUT2D eigenvalue weighted by Gasteiger charge is 2.09. The van der Waals surface area contributed by atoms with Crippen LogP contribution in [0.25, 0.3) is 0 Å². The number of urea groups is 1. The molecule has 6 nitrogen and oxygen atoms in total. The summed E-state index contributed by atoms with van der Waals surface area (Å²) in [6.07, 6.45) is 3.41. The van der Waals surface area contributed by atoms with Gasteiger partial charge in [-0.15, -0.1) is 0 Å². The average Bonchev–Trinajstić information content (AvgIpc) is 2.45. The minimum absolute atomic E-state index is 0.0223. The Morgan fingerprint density at radius 3 is 2.50 bits per heavy atom. The third kappa shape index (κ3) is 4.71. The van der Waals surface area contributed by atoms with Crippen LogP contribution < -0.4 is 10.6 Å². The standard InChI is InChI=1S/C14H14ClN3O3S/c1-10-6-11(8-16-7-10)9-17-14(19)18-12-2-4-13(5-3-12)22(15,20)21/h2-8H,9H2,1H3,(H2,17,18,19). The van der Waals surface area contributed by atoms with Gasteiger partial charge in [0.25, 0.3) is 9.05 Å². The first-order chi connectivity index (χ1) is 10.3. The van der Waals surface area contributed by atoms with Crippen LogP contribution in [0.5, 0.6) is 0 Å². The van der Waals surface area contributed by atoms with E-state index in [2.05, 4.69) is 15.6 Å². The molecular formula is C14H14ClN3O3S. The third-order valence-electron chi connectivity index (χ3n) is 2.78. The summed E-state index contributed by atoms with van der Waals surface area (Å²) >= 11 is 0. The smallest absolute Gasteiger partial charge is 0.319 e. The van der Waals surface area contributed by atoms with Crippen molar-refractivity contribution in [3.05, 3.63) is 53.9 Å². The molecule has 0 saturated carbocycles. The number of hydrogen-bond acceptors (Lipinski definition) is 4. The Bertz CT molecular complexity index is 776. The van der Waals surface area contributed by atoms with Crippen LogP contribution in [0.2, 0.25) is 0 Å². The summed E-state index contributed by atoms with van der Waals surface area (Å²) in [6, 6.07) is 7.09. The van der Waals surface area contributed by atoms with Crippen LogP contribution >= 0.6 is 10.7 Å². The Morgan fingerprint density at radius 1 is 1.23 bits per heavy atom. The number of benzene rings is 1. The second-order valence-electron chi connectivity index (χ2n) is 4.64. The summed E-state index contributed by atoms with van der Waals surface area (Å²) in [6.45, 7) is 2.26. The third-order valence-corrected chi connectivity index (χ3v) is 4.15. The Morgan fingerprint density at radius 2 is 1.91 bits per heavy atom. The molecule has 0 radical (unpaired) electrons. The summed E-state index contributed by atoms with van der Waals surface area (Å²) in [7, 11) is 1.45. The zero-order chi connectivity index (χ0) is 16.2. The Balaban J connectivity index is 1.92. The highest BCUT2D eigenvalue weighted by molar-refractivity contribution is 8.13. The van der Waals surface area contributed by atoms with Crippen molar-refractivity contribution in [2.24, 2.45) is 0 Å². The molecule has 1 heterocycles. The van der Waals surface area contributed by atoms with Crippen molar-refractivity contribution in [2.45, 2.75) is 18.4 Å². The highest BCUT2D eigenvalue weighted by Crippen LogP contribution is 2.17. The van der Waals surface area contributed by atoms with E-state index in [0.29, 0.717) is 12.2 Å². The summed E-state index contributed by atoms with van der Waals surface area (Å²) in [5.74, 6) is 0. The zero-order valence-corrected chi connectivity index (χ0v) is 13.3. The molecule has 1 aromatic heterocycles. The molecule has 2 amide bonds. The van der Waals surface area contributed by atoms with Crippen molar-refractivity contribution < 1.29 is 13.2 Å².